The van der Waals surface area contributed by atoms with E-state index in [9.17, 15) is 8.42 Å². The lowest BCUT2D eigenvalue weighted by Crippen LogP contribution is -1.96. The highest BCUT2D eigenvalue weighted by Gasteiger charge is 2.15. The fourth-order valence-corrected chi connectivity index (χ4v) is 3.71. The SMILES string of the molecule is CCSc1onc(-c2ccc(S(C)(=O)=O)cc2)c1I. The number of hydrogen-bond acceptors (Lipinski definition) is 5. The van der Waals surface area contributed by atoms with Crippen LogP contribution in [-0.4, -0.2) is 25.6 Å². The van der Waals surface area contributed by atoms with Crippen molar-refractivity contribution in [3.05, 3.63) is 27.8 Å². The summed E-state index contributed by atoms with van der Waals surface area (Å²) in [5.74, 6) is 0.914. The predicted octanol–water partition coefficient (Wildman–Crippen LogP) is 3.46. The third-order valence-electron chi connectivity index (χ3n) is 2.44. The molecule has 0 aliphatic rings. The highest BCUT2D eigenvalue weighted by molar-refractivity contribution is 14.1. The molecule has 2 aromatic rings. The smallest absolute Gasteiger partial charge is 0.207 e. The van der Waals surface area contributed by atoms with Gasteiger partial charge in [0, 0.05) is 11.8 Å². The molecule has 102 valence electrons. The largest absolute Gasteiger partial charge is 0.348 e. The Morgan fingerprint density at radius 1 is 1.32 bits per heavy atom. The molecule has 0 spiro atoms. The number of benzene rings is 1. The van der Waals surface area contributed by atoms with E-state index in [0.717, 1.165) is 25.7 Å². The monoisotopic (exact) mass is 409 g/mol. The third kappa shape index (κ3) is 3.32. The highest BCUT2D eigenvalue weighted by Crippen LogP contribution is 2.32. The first-order valence-corrected chi connectivity index (χ1v) is 9.47. The Balaban J connectivity index is 2.38. The van der Waals surface area contributed by atoms with E-state index in [-0.39, 0.29) is 0 Å². The number of hydrogen-bond donors (Lipinski definition) is 0. The molecular weight excluding hydrogens is 397 g/mol. The van der Waals surface area contributed by atoms with Crippen molar-refractivity contribution in [1.82, 2.24) is 5.16 Å². The zero-order valence-electron chi connectivity index (χ0n) is 10.4. The van der Waals surface area contributed by atoms with E-state index in [1.165, 1.54) is 6.26 Å². The van der Waals surface area contributed by atoms with E-state index in [1.54, 1.807) is 36.0 Å². The molecule has 1 aromatic carbocycles. The van der Waals surface area contributed by atoms with Crippen LogP contribution in [0.5, 0.6) is 0 Å². The lowest BCUT2D eigenvalue weighted by Gasteiger charge is -2.00. The van der Waals surface area contributed by atoms with Gasteiger partial charge in [0.1, 0.15) is 5.69 Å². The number of aromatic nitrogens is 1. The lowest BCUT2D eigenvalue weighted by atomic mass is 10.2. The van der Waals surface area contributed by atoms with E-state index >= 15 is 0 Å². The van der Waals surface area contributed by atoms with Crippen LogP contribution in [0.15, 0.2) is 38.8 Å². The molecule has 0 aliphatic carbocycles. The Morgan fingerprint density at radius 2 is 1.95 bits per heavy atom. The van der Waals surface area contributed by atoms with Crippen LogP contribution in [0.2, 0.25) is 0 Å². The van der Waals surface area contributed by atoms with Crippen molar-refractivity contribution in [3.63, 3.8) is 0 Å². The Labute approximate surface area is 130 Å². The molecule has 0 bridgehead atoms. The minimum absolute atomic E-state index is 0.304. The zero-order valence-corrected chi connectivity index (χ0v) is 14.2. The van der Waals surface area contributed by atoms with Crippen LogP contribution >= 0.6 is 34.4 Å². The standard InChI is InChI=1S/C12H12INO3S2/c1-3-18-12-10(13)11(14-17-12)8-4-6-9(7-5-8)19(2,15)16/h4-7H,3H2,1-2H3. The molecule has 7 heteroatoms. The number of thioether (sulfide) groups is 1. The van der Waals surface area contributed by atoms with Crippen molar-refractivity contribution < 1.29 is 12.9 Å². The Hall–Kier alpha value is -0.540. The molecule has 2 rings (SSSR count). The van der Waals surface area contributed by atoms with Crippen LogP contribution in [0.4, 0.5) is 0 Å². The van der Waals surface area contributed by atoms with Gasteiger partial charge in [-0.05, 0) is 40.5 Å². The van der Waals surface area contributed by atoms with E-state index in [2.05, 4.69) is 27.7 Å². The minimum atomic E-state index is -3.17. The van der Waals surface area contributed by atoms with Crippen LogP contribution in [0.1, 0.15) is 6.92 Å². The maximum Gasteiger partial charge on any atom is 0.207 e. The van der Waals surface area contributed by atoms with Gasteiger partial charge in [0.25, 0.3) is 0 Å². The van der Waals surface area contributed by atoms with Gasteiger partial charge in [-0.2, -0.15) is 0 Å². The van der Waals surface area contributed by atoms with E-state index in [0.29, 0.717) is 4.90 Å². The van der Waals surface area contributed by atoms with E-state index in [1.807, 2.05) is 6.92 Å². The van der Waals surface area contributed by atoms with Crippen molar-refractivity contribution in [3.8, 4) is 11.3 Å². The highest BCUT2D eigenvalue weighted by atomic mass is 127. The van der Waals surface area contributed by atoms with Crippen LogP contribution < -0.4 is 0 Å². The van der Waals surface area contributed by atoms with Crippen LogP contribution in [-0.2, 0) is 9.84 Å². The van der Waals surface area contributed by atoms with E-state index in [4.69, 9.17) is 4.52 Å². The van der Waals surface area contributed by atoms with Gasteiger partial charge < -0.3 is 4.52 Å². The summed E-state index contributed by atoms with van der Waals surface area (Å²) < 4.78 is 29.0. The van der Waals surface area contributed by atoms with Gasteiger partial charge >= 0.3 is 0 Å². The summed E-state index contributed by atoms with van der Waals surface area (Å²) in [5, 5.41) is 4.84. The third-order valence-corrected chi connectivity index (χ3v) is 5.76. The molecule has 0 fully saturated rings. The molecule has 1 aromatic heterocycles. The molecular formula is C12H12INO3S2. The number of halogens is 1. The van der Waals surface area contributed by atoms with Gasteiger partial charge in [0.15, 0.2) is 9.84 Å². The fraction of sp³-hybridized carbons (Fsp3) is 0.250. The molecule has 0 saturated carbocycles. The Kier molecular flexibility index (Phi) is 4.57. The number of nitrogens with zero attached hydrogens (tertiary/aromatic N) is 1. The first kappa shape index (κ1) is 14.9. The average molecular weight is 409 g/mol. The minimum Gasteiger partial charge on any atom is -0.348 e. The van der Waals surface area contributed by atoms with Gasteiger partial charge in [0.05, 0.1) is 8.47 Å². The predicted molar refractivity (Wildman–Crippen MR) is 84.2 cm³/mol. The van der Waals surface area contributed by atoms with Gasteiger partial charge in [0.2, 0.25) is 5.09 Å². The summed E-state index contributed by atoms with van der Waals surface area (Å²) in [5.41, 5.74) is 1.60. The summed E-state index contributed by atoms with van der Waals surface area (Å²) in [6, 6.07) is 6.66. The first-order valence-electron chi connectivity index (χ1n) is 5.52. The molecule has 0 saturated heterocycles. The van der Waals surface area contributed by atoms with Gasteiger partial charge in [-0.25, -0.2) is 8.42 Å². The molecule has 0 radical (unpaired) electrons. The topological polar surface area (TPSA) is 60.2 Å². The summed E-state index contributed by atoms with van der Waals surface area (Å²) in [6.45, 7) is 2.05. The molecule has 0 N–H and O–H groups in total. The summed E-state index contributed by atoms with van der Waals surface area (Å²) in [7, 11) is -3.17. The van der Waals surface area contributed by atoms with Crippen LogP contribution in [0.25, 0.3) is 11.3 Å². The Bertz CT molecular complexity index is 678. The van der Waals surface area contributed by atoms with Crippen molar-refractivity contribution in [1.29, 1.82) is 0 Å². The fourth-order valence-electron chi connectivity index (χ4n) is 1.52. The van der Waals surface area contributed by atoms with Gasteiger partial charge in [-0.3, -0.25) is 0 Å². The zero-order chi connectivity index (χ0) is 14.0. The quantitative estimate of drug-likeness (QED) is 0.572. The second kappa shape index (κ2) is 5.84. The molecule has 1 heterocycles. The van der Waals surface area contributed by atoms with E-state index < -0.39 is 9.84 Å². The summed E-state index contributed by atoms with van der Waals surface area (Å²) in [6.07, 6.45) is 1.19. The van der Waals surface area contributed by atoms with Gasteiger partial charge in [-0.15, -0.1) is 0 Å². The molecule has 4 nitrogen and oxygen atoms in total. The number of rotatable bonds is 4. The van der Waals surface area contributed by atoms with Crippen LogP contribution in [0, 0.1) is 3.57 Å². The summed E-state index contributed by atoms with van der Waals surface area (Å²) in [4.78, 5) is 0.304. The second-order valence-electron chi connectivity index (χ2n) is 3.86. The molecule has 19 heavy (non-hydrogen) atoms. The van der Waals surface area contributed by atoms with Crippen molar-refractivity contribution in [2.24, 2.45) is 0 Å². The van der Waals surface area contributed by atoms with Gasteiger partial charge in [-0.1, -0.05) is 36.0 Å². The average Bonchev–Trinajstić information content (AvgIpc) is 2.71. The number of sulfone groups is 1. The Morgan fingerprint density at radius 3 is 2.47 bits per heavy atom. The van der Waals surface area contributed by atoms with Crippen molar-refractivity contribution in [2.75, 3.05) is 12.0 Å². The molecule has 0 amide bonds. The molecule has 0 aliphatic heterocycles. The van der Waals surface area contributed by atoms with Crippen molar-refractivity contribution >= 4 is 44.2 Å². The molecule has 0 atom stereocenters. The normalized spacial score (nSPS) is 11.7. The van der Waals surface area contributed by atoms with Crippen molar-refractivity contribution in [2.45, 2.75) is 16.9 Å². The maximum absolute atomic E-state index is 11.4. The molecule has 0 unspecified atom stereocenters. The summed E-state index contributed by atoms with van der Waals surface area (Å²) >= 11 is 3.78. The van der Waals surface area contributed by atoms with Crippen LogP contribution in [0.3, 0.4) is 0 Å². The second-order valence-corrected chi connectivity index (χ2v) is 8.19. The maximum atomic E-state index is 11.4. The first-order chi connectivity index (χ1) is 8.93. The lowest BCUT2D eigenvalue weighted by molar-refractivity contribution is 0.350.